The first-order chi connectivity index (χ1) is 7.10. The van der Waals surface area contributed by atoms with Gasteiger partial charge in [-0.2, -0.15) is 0 Å². The first kappa shape index (κ1) is 13.7. The summed E-state index contributed by atoms with van der Waals surface area (Å²) in [4.78, 5) is 14.3. The van der Waals surface area contributed by atoms with Crippen LogP contribution in [0.3, 0.4) is 0 Å². The number of carbonyl (C=O) groups is 1. The zero-order valence-corrected chi connectivity index (χ0v) is 11.8. The van der Waals surface area contributed by atoms with Gasteiger partial charge in [-0.3, -0.25) is 9.69 Å². The number of rotatable bonds is 2. The molecule has 1 rings (SSSR count). The molecule has 1 heterocycles. The SMILES string of the molecule is CC(C)(C)C(=O)CN1CCC(C(C)(C)C)C1. The summed E-state index contributed by atoms with van der Waals surface area (Å²) in [6, 6.07) is 0. The highest BCUT2D eigenvalue weighted by Gasteiger charge is 2.33. The maximum Gasteiger partial charge on any atom is 0.152 e. The minimum absolute atomic E-state index is 0.195. The van der Waals surface area contributed by atoms with Crippen LogP contribution in [-0.4, -0.2) is 30.3 Å². The second kappa shape index (κ2) is 4.48. The molecule has 1 aliphatic heterocycles. The van der Waals surface area contributed by atoms with E-state index in [4.69, 9.17) is 0 Å². The number of carbonyl (C=O) groups excluding carboxylic acids is 1. The number of ketones is 1. The molecule has 0 aromatic carbocycles. The number of nitrogens with zero attached hydrogens (tertiary/aromatic N) is 1. The summed E-state index contributed by atoms with van der Waals surface area (Å²) >= 11 is 0. The summed E-state index contributed by atoms with van der Waals surface area (Å²) in [5, 5.41) is 0. The van der Waals surface area contributed by atoms with Gasteiger partial charge in [0.05, 0.1) is 6.54 Å². The van der Waals surface area contributed by atoms with Crippen molar-refractivity contribution in [2.45, 2.75) is 48.0 Å². The third-order valence-corrected chi connectivity index (χ3v) is 3.70. The van der Waals surface area contributed by atoms with Crippen molar-refractivity contribution in [3.8, 4) is 0 Å². The zero-order chi connectivity index (χ0) is 12.6. The minimum atomic E-state index is -0.195. The molecule has 2 heteroatoms. The monoisotopic (exact) mass is 225 g/mol. The molecule has 1 fully saturated rings. The van der Waals surface area contributed by atoms with Crippen LogP contribution in [0.5, 0.6) is 0 Å². The Kier molecular flexibility index (Phi) is 3.83. The predicted molar refractivity (Wildman–Crippen MR) is 68.5 cm³/mol. The highest BCUT2D eigenvalue weighted by atomic mass is 16.1. The van der Waals surface area contributed by atoms with Gasteiger partial charge in [0.1, 0.15) is 0 Å². The highest BCUT2D eigenvalue weighted by Crippen LogP contribution is 2.33. The van der Waals surface area contributed by atoms with Crippen LogP contribution in [0.25, 0.3) is 0 Å². The van der Waals surface area contributed by atoms with Crippen molar-refractivity contribution >= 4 is 5.78 Å². The van der Waals surface area contributed by atoms with Gasteiger partial charge in [0, 0.05) is 12.0 Å². The molecule has 0 amide bonds. The van der Waals surface area contributed by atoms with Crippen molar-refractivity contribution in [2.75, 3.05) is 19.6 Å². The molecule has 1 unspecified atom stereocenters. The van der Waals surface area contributed by atoms with Gasteiger partial charge in [-0.1, -0.05) is 41.5 Å². The first-order valence-electron chi connectivity index (χ1n) is 6.36. The Morgan fingerprint density at radius 2 is 1.75 bits per heavy atom. The van der Waals surface area contributed by atoms with Crippen molar-refractivity contribution in [3.63, 3.8) is 0 Å². The van der Waals surface area contributed by atoms with Gasteiger partial charge in [0.25, 0.3) is 0 Å². The topological polar surface area (TPSA) is 20.3 Å². The molecule has 0 radical (unpaired) electrons. The molecule has 0 aromatic rings. The van der Waals surface area contributed by atoms with Gasteiger partial charge in [-0.25, -0.2) is 0 Å². The fourth-order valence-electron chi connectivity index (χ4n) is 2.12. The molecule has 2 nitrogen and oxygen atoms in total. The Balaban J connectivity index is 2.47. The van der Waals surface area contributed by atoms with E-state index in [-0.39, 0.29) is 5.41 Å². The number of hydrogen-bond donors (Lipinski definition) is 0. The molecular weight excluding hydrogens is 198 g/mol. The van der Waals surface area contributed by atoms with E-state index < -0.39 is 0 Å². The van der Waals surface area contributed by atoms with Crippen LogP contribution in [0.4, 0.5) is 0 Å². The van der Waals surface area contributed by atoms with Crippen molar-refractivity contribution in [1.29, 1.82) is 0 Å². The standard InChI is InChI=1S/C14H27NO/c1-13(2,3)11-7-8-15(9-11)10-12(16)14(4,5)6/h11H,7-10H2,1-6H3. The van der Waals surface area contributed by atoms with Crippen molar-refractivity contribution < 1.29 is 4.79 Å². The average molecular weight is 225 g/mol. The molecule has 0 aliphatic carbocycles. The normalized spacial score (nSPS) is 23.8. The Morgan fingerprint density at radius 1 is 1.19 bits per heavy atom. The molecule has 0 spiro atoms. The minimum Gasteiger partial charge on any atom is -0.298 e. The van der Waals surface area contributed by atoms with Gasteiger partial charge in [-0.15, -0.1) is 0 Å². The van der Waals surface area contributed by atoms with Gasteiger partial charge in [0.15, 0.2) is 5.78 Å². The van der Waals surface area contributed by atoms with Gasteiger partial charge in [-0.05, 0) is 24.3 Å². The van der Waals surface area contributed by atoms with E-state index in [2.05, 4.69) is 25.7 Å². The lowest BCUT2D eigenvalue weighted by atomic mass is 9.80. The summed E-state index contributed by atoms with van der Waals surface area (Å²) < 4.78 is 0. The molecule has 0 N–H and O–H groups in total. The molecule has 16 heavy (non-hydrogen) atoms. The third kappa shape index (κ3) is 3.58. The van der Waals surface area contributed by atoms with Crippen LogP contribution in [-0.2, 0) is 4.79 Å². The van der Waals surface area contributed by atoms with E-state index in [1.165, 1.54) is 6.42 Å². The van der Waals surface area contributed by atoms with Crippen LogP contribution in [0.2, 0.25) is 0 Å². The smallest absolute Gasteiger partial charge is 0.152 e. The van der Waals surface area contributed by atoms with Gasteiger partial charge >= 0.3 is 0 Å². The van der Waals surface area contributed by atoms with E-state index in [0.29, 0.717) is 17.7 Å². The van der Waals surface area contributed by atoms with Gasteiger partial charge < -0.3 is 0 Å². The summed E-state index contributed by atoms with van der Waals surface area (Å²) in [6.07, 6.45) is 1.24. The second-order valence-corrected chi connectivity index (χ2v) is 7.26. The molecule has 1 aliphatic rings. The van der Waals surface area contributed by atoms with Crippen LogP contribution >= 0.6 is 0 Å². The second-order valence-electron chi connectivity index (χ2n) is 7.26. The average Bonchev–Trinajstić information content (AvgIpc) is 2.49. The van der Waals surface area contributed by atoms with Crippen LogP contribution < -0.4 is 0 Å². The van der Waals surface area contributed by atoms with Crippen molar-refractivity contribution in [1.82, 2.24) is 4.90 Å². The summed E-state index contributed by atoms with van der Waals surface area (Å²) in [6.45, 7) is 15.7. The first-order valence-corrected chi connectivity index (χ1v) is 6.36. The predicted octanol–water partition coefficient (Wildman–Crippen LogP) is 2.97. The molecule has 1 atom stereocenters. The Hall–Kier alpha value is -0.370. The van der Waals surface area contributed by atoms with Crippen LogP contribution in [0.1, 0.15) is 48.0 Å². The van der Waals surface area contributed by atoms with E-state index in [9.17, 15) is 4.79 Å². The van der Waals surface area contributed by atoms with Crippen LogP contribution in [0, 0.1) is 16.7 Å². The van der Waals surface area contributed by atoms with E-state index in [0.717, 1.165) is 19.0 Å². The molecular formula is C14H27NO. The molecule has 1 saturated heterocycles. The molecule has 0 saturated carbocycles. The lowest BCUT2D eigenvalue weighted by Crippen LogP contribution is -2.35. The lowest BCUT2D eigenvalue weighted by Gasteiger charge is -2.27. The van der Waals surface area contributed by atoms with E-state index >= 15 is 0 Å². The third-order valence-electron chi connectivity index (χ3n) is 3.70. The van der Waals surface area contributed by atoms with Crippen molar-refractivity contribution in [2.24, 2.45) is 16.7 Å². The zero-order valence-electron chi connectivity index (χ0n) is 11.8. The number of likely N-dealkylation sites (tertiary alicyclic amines) is 1. The van der Waals surface area contributed by atoms with Gasteiger partial charge in [0.2, 0.25) is 0 Å². The Bertz CT molecular complexity index is 257. The Labute approximate surface area is 100 Å². The quantitative estimate of drug-likeness (QED) is 0.720. The summed E-state index contributed by atoms with van der Waals surface area (Å²) in [5.74, 6) is 1.10. The largest absolute Gasteiger partial charge is 0.298 e. The molecule has 0 bridgehead atoms. The van der Waals surface area contributed by atoms with Crippen LogP contribution in [0.15, 0.2) is 0 Å². The summed E-state index contributed by atoms with van der Waals surface area (Å²) in [7, 11) is 0. The van der Waals surface area contributed by atoms with E-state index in [1.807, 2.05) is 20.8 Å². The Morgan fingerprint density at radius 3 is 2.12 bits per heavy atom. The van der Waals surface area contributed by atoms with E-state index in [1.54, 1.807) is 0 Å². The number of hydrogen-bond acceptors (Lipinski definition) is 2. The fraction of sp³-hybridized carbons (Fsp3) is 0.929. The maximum atomic E-state index is 11.9. The van der Waals surface area contributed by atoms with Crippen molar-refractivity contribution in [3.05, 3.63) is 0 Å². The fourth-order valence-corrected chi connectivity index (χ4v) is 2.12. The summed E-state index contributed by atoms with van der Waals surface area (Å²) in [5.41, 5.74) is 0.180. The molecule has 94 valence electrons. The number of Topliss-reactive ketones (excluding diaryl/α,β-unsaturated/α-hetero) is 1. The maximum absolute atomic E-state index is 11.9. The highest BCUT2D eigenvalue weighted by molar-refractivity contribution is 5.85. The molecule has 0 aromatic heterocycles. The lowest BCUT2D eigenvalue weighted by molar-refractivity contribution is -0.127.